The van der Waals surface area contributed by atoms with Gasteiger partial charge in [-0.3, -0.25) is 0 Å². The van der Waals surface area contributed by atoms with E-state index in [1.165, 1.54) is 44.7 Å². The number of sulfone groups is 1. The van der Waals surface area contributed by atoms with Crippen LogP contribution in [0.2, 0.25) is 10.0 Å². The van der Waals surface area contributed by atoms with Gasteiger partial charge in [-0.05, 0) is 107 Å². The summed E-state index contributed by atoms with van der Waals surface area (Å²) >= 11 is 12.2. The van der Waals surface area contributed by atoms with Gasteiger partial charge in [-0.15, -0.1) is 0 Å². The number of ether oxygens (including phenoxy) is 2. The summed E-state index contributed by atoms with van der Waals surface area (Å²) in [6.45, 7) is 9.83. The van der Waals surface area contributed by atoms with E-state index in [0.29, 0.717) is 45.4 Å². The zero-order chi connectivity index (χ0) is 48.8. The molecule has 0 atom stereocenters. The summed E-state index contributed by atoms with van der Waals surface area (Å²) < 4.78 is 102. The van der Waals surface area contributed by atoms with E-state index < -0.39 is 46.9 Å². The van der Waals surface area contributed by atoms with Gasteiger partial charge in [-0.25, -0.2) is 18.4 Å². The highest BCUT2D eigenvalue weighted by Gasteiger charge is 2.36. The summed E-state index contributed by atoms with van der Waals surface area (Å²) in [4.78, 5) is 16.5. The minimum Gasteiger partial charge on any atom is -0.495 e. The molecule has 0 amide bonds. The molecule has 23 heteroatoms. The van der Waals surface area contributed by atoms with Crippen molar-refractivity contribution in [1.82, 2.24) is 19.9 Å². The van der Waals surface area contributed by atoms with Crippen molar-refractivity contribution in [3.05, 3.63) is 112 Å². The molecular weight excluding hydrogens is 960 g/mol. The maximum atomic E-state index is 13.6. The lowest BCUT2D eigenvalue weighted by molar-refractivity contribution is -0.137. The second-order valence-corrected chi connectivity index (χ2v) is 25.0. The number of nitriles is 1. The molecular formula is C43H44Cl2F3N9O6P2S. The number of halogens is 5. The van der Waals surface area contributed by atoms with Crippen molar-refractivity contribution in [3.63, 3.8) is 0 Å². The van der Waals surface area contributed by atoms with Gasteiger partial charge in [-0.1, -0.05) is 35.3 Å². The van der Waals surface area contributed by atoms with E-state index in [1.54, 1.807) is 95.1 Å². The van der Waals surface area contributed by atoms with Crippen molar-refractivity contribution >= 4 is 104 Å². The topological polar surface area (TPSA) is 210 Å². The second-order valence-electron chi connectivity index (χ2n) is 15.2. The Labute approximate surface area is 390 Å². The number of hydrogen-bond acceptors (Lipinski definition) is 15. The zero-order valence-corrected chi connectivity index (χ0v) is 40.7. The van der Waals surface area contributed by atoms with Gasteiger partial charge in [0, 0.05) is 21.8 Å². The Kier molecular flexibility index (Phi) is 16.1. The minimum absolute atomic E-state index is 0.0459. The van der Waals surface area contributed by atoms with Gasteiger partial charge in [0.05, 0.1) is 58.9 Å². The number of hydrogen-bond donors (Lipinski definition) is 4. The second kappa shape index (κ2) is 20.7. The van der Waals surface area contributed by atoms with E-state index in [-0.39, 0.29) is 43.9 Å². The molecule has 15 nitrogen and oxygen atoms in total. The van der Waals surface area contributed by atoms with Crippen LogP contribution in [0.5, 0.6) is 11.5 Å². The van der Waals surface area contributed by atoms with Crippen LogP contribution in [0.25, 0.3) is 0 Å². The quantitative estimate of drug-likeness (QED) is 0.0748. The molecule has 0 aliphatic heterocycles. The van der Waals surface area contributed by atoms with Gasteiger partial charge >= 0.3 is 6.18 Å². The van der Waals surface area contributed by atoms with Crippen molar-refractivity contribution in [2.75, 3.05) is 62.1 Å². The molecule has 348 valence electrons. The summed E-state index contributed by atoms with van der Waals surface area (Å²) in [5.74, 6) is 0.560. The fourth-order valence-electron chi connectivity index (χ4n) is 5.79. The monoisotopic (exact) mass is 1000 g/mol. The van der Waals surface area contributed by atoms with Crippen molar-refractivity contribution in [2.45, 2.75) is 30.2 Å². The Hall–Kier alpha value is -5.89. The number of nitrogens with one attached hydrogen (secondary N) is 4. The van der Waals surface area contributed by atoms with E-state index in [9.17, 15) is 36.0 Å². The Morgan fingerprint density at radius 1 is 0.697 bits per heavy atom. The molecule has 4 N–H and O–H groups in total. The van der Waals surface area contributed by atoms with Crippen LogP contribution in [0.1, 0.15) is 25.0 Å². The molecule has 0 saturated heterocycles. The van der Waals surface area contributed by atoms with Gasteiger partial charge < -0.3 is 39.9 Å². The number of para-hydroxylation sites is 1. The maximum Gasteiger partial charge on any atom is 0.421 e. The lowest BCUT2D eigenvalue weighted by Crippen LogP contribution is -2.15. The third kappa shape index (κ3) is 12.7. The number of nitrogens with zero attached hydrogens (tertiary/aromatic N) is 5. The van der Waals surface area contributed by atoms with E-state index in [1.807, 2.05) is 6.07 Å². The maximum absolute atomic E-state index is 13.6. The van der Waals surface area contributed by atoms with Crippen LogP contribution in [-0.4, -0.2) is 74.5 Å². The van der Waals surface area contributed by atoms with Crippen molar-refractivity contribution < 1.29 is 40.2 Å². The number of anilines is 8. The van der Waals surface area contributed by atoms with Gasteiger partial charge in [0.15, 0.2) is 15.7 Å². The molecule has 0 aliphatic carbocycles. The van der Waals surface area contributed by atoms with Crippen molar-refractivity contribution in [1.29, 1.82) is 5.26 Å². The van der Waals surface area contributed by atoms with Crippen molar-refractivity contribution in [2.24, 2.45) is 0 Å². The molecule has 0 fully saturated rings. The zero-order valence-electron chi connectivity index (χ0n) is 36.6. The van der Waals surface area contributed by atoms with Crippen LogP contribution < -0.4 is 41.3 Å². The van der Waals surface area contributed by atoms with Gasteiger partial charge in [0.25, 0.3) is 0 Å². The van der Waals surface area contributed by atoms with Crippen LogP contribution in [0.15, 0.2) is 96.2 Å². The molecule has 2 heterocycles. The molecule has 0 radical (unpaired) electrons. The van der Waals surface area contributed by atoms with Crippen LogP contribution in [-0.2, 0) is 25.1 Å². The van der Waals surface area contributed by atoms with E-state index in [0.717, 1.165) is 0 Å². The summed E-state index contributed by atoms with van der Waals surface area (Å²) in [6, 6.07) is 22.6. The molecule has 0 saturated carbocycles. The van der Waals surface area contributed by atoms with E-state index >= 15 is 0 Å². The molecule has 2 aromatic heterocycles. The smallest absolute Gasteiger partial charge is 0.421 e. The summed E-state index contributed by atoms with van der Waals surface area (Å²) in [7, 11) is -5.65. The standard InChI is InChI=1S/C22H26ClN4O4PS.C21H18ClF3N5O2P/c1-14(2)33(29,30)20-9-7-6-8-17(20)25-21-16(23)13-24-22(27-21)26-18-12-15(32(4,5)28)10-11-19(18)31-3;1-32-18-9-14(33(2,3)31)5-7-17(18)29-20-27-11-15(21(23,24)25)19(30-20)28-16-6-4-13(22)8-12(16)10-26/h6-14H,1-5H3,(H2,24,25,26,27);4-9,11H,1-3H3,(H2,27,28,29,30). The molecule has 0 unspecified atom stereocenters. The third-order valence-electron chi connectivity index (χ3n) is 9.37. The highest BCUT2D eigenvalue weighted by Crippen LogP contribution is 2.41. The first kappa shape index (κ1) is 51.1. The minimum atomic E-state index is -4.75. The SMILES string of the molecule is COc1cc(P(C)(C)=O)ccc1Nc1ncc(C(F)(F)F)c(Nc2ccc(Cl)cc2C#N)n1.COc1ccc(P(C)(C)=O)cc1Nc1ncc(Cl)c(Nc2ccccc2S(=O)(=O)C(C)C)n1. The Bertz CT molecular complexity index is 3020. The Morgan fingerprint density at radius 3 is 1.86 bits per heavy atom. The number of aromatic nitrogens is 4. The van der Waals surface area contributed by atoms with Crippen molar-refractivity contribution in [3.8, 4) is 17.6 Å². The lowest BCUT2D eigenvalue weighted by atomic mass is 10.2. The molecule has 0 bridgehead atoms. The number of alkyl halides is 3. The molecule has 66 heavy (non-hydrogen) atoms. The fraction of sp³-hybridized carbons (Fsp3) is 0.233. The van der Waals surface area contributed by atoms with Gasteiger partial charge in [0.2, 0.25) is 11.9 Å². The van der Waals surface area contributed by atoms with Crippen LogP contribution >= 0.6 is 37.5 Å². The largest absolute Gasteiger partial charge is 0.495 e. The molecule has 0 aliphatic rings. The Balaban J connectivity index is 0.000000247. The first-order valence-corrected chi connectivity index (χ1v) is 26.9. The fourth-order valence-corrected chi connectivity index (χ4v) is 9.04. The normalized spacial score (nSPS) is 11.8. The summed E-state index contributed by atoms with van der Waals surface area (Å²) in [6.07, 6.45) is -2.71. The molecule has 0 spiro atoms. The van der Waals surface area contributed by atoms with Crippen LogP contribution in [0.4, 0.5) is 59.5 Å². The number of rotatable bonds is 14. The lowest BCUT2D eigenvalue weighted by Gasteiger charge is -2.17. The summed E-state index contributed by atoms with van der Waals surface area (Å²) in [5.41, 5.74) is 0.284. The van der Waals surface area contributed by atoms with Crippen LogP contribution in [0, 0.1) is 11.3 Å². The highest BCUT2D eigenvalue weighted by atomic mass is 35.5. The molecule has 6 rings (SSSR count). The predicted octanol–water partition coefficient (Wildman–Crippen LogP) is 10.8. The number of benzene rings is 4. The van der Waals surface area contributed by atoms with Gasteiger partial charge in [0.1, 0.15) is 48.3 Å². The number of methoxy groups -OCH3 is 2. The average molecular weight is 1000 g/mol. The third-order valence-corrected chi connectivity index (χ3v) is 15.1. The average Bonchev–Trinajstić information content (AvgIpc) is 3.24. The van der Waals surface area contributed by atoms with E-state index in [4.69, 9.17) is 32.7 Å². The highest BCUT2D eigenvalue weighted by molar-refractivity contribution is 7.92. The molecule has 6 aromatic rings. The first-order chi connectivity index (χ1) is 30.8. The first-order valence-electron chi connectivity index (χ1n) is 19.4. The van der Waals surface area contributed by atoms with Gasteiger partial charge in [-0.2, -0.15) is 28.4 Å². The Morgan fingerprint density at radius 2 is 1.26 bits per heavy atom. The predicted molar refractivity (Wildman–Crippen MR) is 256 cm³/mol. The molecule has 4 aromatic carbocycles. The summed E-state index contributed by atoms with van der Waals surface area (Å²) in [5, 5.41) is 21.9. The van der Waals surface area contributed by atoms with Crippen LogP contribution in [0.3, 0.4) is 0 Å². The van der Waals surface area contributed by atoms with E-state index in [2.05, 4.69) is 41.2 Å².